The number of hydrogen-bond acceptors (Lipinski definition) is 13. The van der Waals surface area contributed by atoms with Crippen molar-refractivity contribution >= 4 is 56.5 Å². The number of hydrogen-bond donors (Lipinski definition) is 3. The molecule has 0 saturated heterocycles. The molecule has 3 saturated carbocycles. The highest BCUT2D eigenvalue weighted by Crippen LogP contribution is 2.46. The first kappa shape index (κ1) is 67.3. The first-order valence-corrected chi connectivity index (χ1v) is 34.2. The Kier molecular flexibility index (Phi) is 18.8. The standard InChI is InChI=1S/C30H28N4O2.C29H28ClN3O2.C25H20N4/c1-29(2,3)36-28(35)34-30(15-7-16-30)22-12-10-21(11-13-22)27-23(20-8-5-4-6-9-20)18-24-25(33-27)14-17-32-26(24)19-31;1-28(2,3)35-27(34)33-29(15-7-16-29)21-12-10-20(11-13-21)25-22(19-8-5-4-6-9-19)18-23-24(32-25)14-17-31-26(23)30;26-16-23-21-15-20(17-5-2-1-3-6-17)24(29-22(21)11-14-28-23)18-7-9-19(10-8-18)25(27)12-4-13-25/h4-6,8-14,17-18H,7,15-16H2,1-3H3,(H,34,35);4-6,8-14,17-18H,7,15-16H2,1-3H3,(H,33,34);1-3,5-11,14-15H,4,12-13,27H2. The molecule has 498 valence electrons. The number of benzene rings is 6. The maximum atomic E-state index is 12.5. The van der Waals surface area contributed by atoms with Crippen LogP contribution >= 0.6 is 11.6 Å². The zero-order chi connectivity index (χ0) is 69.8. The van der Waals surface area contributed by atoms with Gasteiger partial charge in [-0.15, -0.1) is 0 Å². The van der Waals surface area contributed by atoms with Gasteiger partial charge >= 0.3 is 12.2 Å². The lowest BCUT2D eigenvalue weighted by Crippen LogP contribution is -2.52. The third-order valence-electron chi connectivity index (χ3n) is 18.9. The molecule has 15 rings (SSSR count). The fraction of sp³-hybridized carbons (Fsp3) is 0.238. The van der Waals surface area contributed by atoms with E-state index >= 15 is 0 Å². The molecular weight excluding hydrogens is 1260 g/mol. The van der Waals surface area contributed by atoms with Crippen LogP contribution in [0.5, 0.6) is 0 Å². The highest BCUT2D eigenvalue weighted by Gasteiger charge is 2.43. The van der Waals surface area contributed by atoms with Gasteiger partial charge in [0.05, 0.1) is 44.7 Å². The summed E-state index contributed by atoms with van der Waals surface area (Å²) >= 11 is 6.39. The van der Waals surface area contributed by atoms with Crippen LogP contribution in [0, 0.1) is 22.7 Å². The molecule has 3 aliphatic rings. The van der Waals surface area contributed by atoms with Gasteiger partial charge in [0.2, 0.25) is 0 Å². The van der Waals surface area contributed by atoms with Crippen molar-refractivity contribution < 1.29 is 19.1 Å². The summed E-state index contributed by atoms with van der Waals surface area (Å²) in [5.41, 5.74) is 22.4. The van der Waals surface area contributed by atoms with Crippen LogP contribution in [0.3, 0.4) is 0 Å². The molecule has 2 amide bonds. The molecule has 0 radical (unpaired) electrons. The minimum atomic E-state index is -0.546. The van der Waals surface area contributed by atoms with Crippen LogP contribution in [0.4, 0.5) is 9.59 Å². The van der Waals surface area contributed by atoms with E-state index in [0.29, 0.717) is 16.5 Å². The monoisotopic (exact) mass is 1340 g/mol. The summed E-state index contributed by atoms with van der Waals surface area (Å²) in [5.74, 6) is 0. The number of ether oxygens (including phenoxy) is 2. The van der Waals surface area contributed by atoms with E-state index in [9.17, 15) is 20.1 Å². The summed E-state index contributed by atoms with van der Waals surface area (Å²) in [7, 11) is 0. The van der Waals surface area contributed by atoms with E-state index in [2.05, 4.69) is 141 Å². The van der Waals surface area contributed by atoms with E-state index < -0.39 is 22.8 Å². The minimum Gasteiger partial charge on any atom is -0.444 e. The number of fused-ring (bicyclic) bond motifs is 3. The number of aromatic nitrogens is 6. The van der Waals surface area contributed by atoms with Crippen LogP contribution in [0.15, 0.2) is 219 Å². The second-order valence-corrected chi connectivity index (χ2v) is 28.3. The Morgan fingerprint density at radius 2 is 0.750 bits per heavy atom. The van der Waals surface area contributed by atoms with Gasteiger partial charge in [-0.05, 0) is 169 Å². The van der Waals surface area contributed by atoms with Crippen molar-refractivity contribution in [3.05, 3.63) is 252 Å². The van der Waals surface area contributed by atoms with Gasteiger partial charge < -0.3 is 25.8 Å². The molecule has 0 spiro atoms. The van der Waals surface area contributed by atoms with E-state index in [1.54, 1.807) is 18.6 Å². The molecule has 100 heavy (non-hydrogen) atoms. The van der Waals surface area contributed by atoms with Crippen LogP contribution in [0.1, 0.15) is 127 Å². The Morgan fingerprint density at radius 3 is 1.06 bits per heavy atom. The number of carbonyl (C=O) groups is 2. The van der Waals surface area contributed by atoms with Crippen LogP contribution in [-0.2, 0) is 26.1 Å². The summed E-state index contributed by atoms with van der Waals surface area (Å²) in [6.45, 7) is 11.2. The zero-order valence-corrected chi connectivity index (χ0v) is 57.6. The molecule has 4 N–H and O–H groups in total. The lowest BCUT2D eigenvalue weighted by molar-refractivity contribution is 0.0365. The number of alkyl carbamates (subject to hydrolysis) is 2. The third-order valence-corrected chi connectivity index (χ3v) is 19.2. The maximum absolute atomic E-state index is 12.5. The van der Waals surface area contributed by atoms with E-state index in [-0.39, 0.29) is 17.2 Å². The lowest BCUT2D eigenvalue weighted by Gasteiger charge is -2.43. The first-order chi connectivity index (χ1) is 48.2. The molecule has 12 aromatic rings. The Labute approximate surface area is 587 Å². The van der Waals surface area contributed by atoms with E-state index in [0.717, 1.165) is 162 Å². The van der Waals surface area contributed by atoms with Gasteiger partial charge in [-0.2, -0.15) is 10.5 Å². The third kappa shape index (κ3) is 14.4. The van der Waals surface area contributed by atoms with Gasteiger partial charge in [0, 0.05) is 73.7 Å². The molecule has 16 heteroatoms. The molecule has 3 aliphatic carbocycles. The quantitative estimate of drug-likeness (QED) is 0.103. The SMILES string of the molecule is CC(C)(C)OC(=O)NC1(c2ccc(-c3nc4ccnc(C#N)c4cc3-c3ccccc3)cc2)CCC1.CC(C)(C)OC(=O)NC1(c2ccc(-c3nc4ccnc(Cl)c4cc3-c3ccccc3)cc2)CCC1.N#Cc1nccc2nc(-c3ccc(C4(N)CCC4)cc3)c(-c3ccccc3)cc12. The van der Waals surface area contributed by atoms with Gasteiger partial charge in [0.25, 0.3) is 0 Å². The number of carbonyl (C=O) groups excluding carboxylic acids is 2. The first-order valence-electron chi connectivity index (χ1n) is 33.9. The van der Waals surface area contributed by atoms with Crippen molar-refractivity contribution in [2.24, 2.45) is 5.73 Å². The van der Waals surface area contributed by atoms with Gasteiger partial charge in [0.15, 0.2) is 0 Å². The second kappa shape index (κ2) is 27.9. The van der Waals surface area contributed by atoms with Gasteiger partial charge in [-0.3, -0.25) is 0 Å². The normalized spacial score (nSPS) is 14.7. The molecule has 6 aromatic heterocycles. The molecule has 0 bridgehead atoms. The average molecular weight is 1340 g/mol. The molecule has 0 unspecified atom stereocenters. The van der Waals surface area contributed by atoms with Gasteiger partial charge in [0.1, 0.15) is 39.9 Å². The zero-order valence-electron chi connectivity index (χ0n) is 56.8. The van der Waals surface area contributed by atoms with Gasteiger partial charge in [-0.1, -0.05) is 175 Å². The van der Waals surface area contributed by atoms with Crippen molar-refractivity contribution in [1.29, 1.82) is 10.5 Å². The molecule has 6 heterocycles. The second-order valence-electron chi connectivity index (χ2n) is 28.0. The maximum Gasteiger partial charge on any atom is 0.408 e. The number of nitriles is 2. The number of nitrogens with two attached hydrogens (primary N) is 1. The van der Waals surface area contributed by atoms with Crippen molar-refractivity contribution in [3.63, 3.8) is 0 Å². The topological polar surface area (TPSA) is 228 Å². The number of nitrogens with one attached hydrogen (secondary N) is 2. The van der Waals surface area contributed by atoms with E-state index in [4.69, 9.17) is 41.8 Å². The van der Waals surface area contributed by atoms with Crippen molar-refractivity contribution in [1.82, 2.24) is 40.5 Å². The predicted molar refractivity (Wildman–Crippen MR) is 395 cm³/mol. The largest absolute Gasteiger partial charge is 0.444 e. The summed E-state index contributed by atoms with van der Waals surface area (Å²) in [4.78, 5) is 52.6. The Balaban J connectivity index is 0.000000135. The number of amides is 2. The summed E-state index contributed by atoms with van der Waals surface area (Å²) in [5, 5.41) is 28.0. The highest BCUT2D eigenvalue weighted by atomic mass is 35.5. The molecule has 0 atom stereocenters. The van der Waals surface area contributed by atoms with Crippen LogP contribution in [-0.4, -0.2) is 53.3 Å². The van der Waals surface area contributed by atoms with Crippen LogP contribution < -0.4 is 16.4 Å². The molecule has 0 aliphatic heterocycles. The van der Waals surface area contributed by atoms with Gasteiger partial charge in [-0.25, -0.2) is 39.5 Å². The predicted octanol–water partition coefficient (Wildman–Crippen LogP) is 19.4. The van der Waals surface area contributed by atoms with Crippen LogP contribution in [0.2, 0.25) is 5.15 Å². The van der Waals surface area contributed by atoms with E-state index in [1.165, 1.54) is 12.0 Å². The fourth-order valence-corrected chi connectivity index (χ4v) is 13.5. The Morgan fingerprint density at radius 1 is 0.430 bits per heavy atom. The average Bonchev–Trinajstić information content (AvgIpc) is 0.773. The minimum absolute atomic E-state index is 0.176. The number of nitrogens with zero attached hydrogens (tertiary/aromatic N) is 8. The lowest BCUT2D eigenvalue weighted by atomic mass is 9.71. The number of halogens is 1. The summed E-state index contributed by atoms with van der Waals surface area (Å²) in [6.07, 6.45) is 13.1. The number of pyridine rings is 6. The van der Waals surface area contributed by atoms with Crippen LogP contribution in [0.25, 0.3) is 99.9 Å². The highest BCUT2D eigenvalue weighted by molar-refractivity contribution is 6.34. The molecule has 3 fully saturated rings. The molecule has 15 nitrogen and oxygen atoms in total. The van der Waals surface area contributed by atoms with Crippen molar-refractivity contribution in [2.45, 2.75) is 127 Å². The van der Waals surface area contributed by atoms with E-state index in [1.807, 2.05) is 139 Å². The summed E-state index contributed by atoms with van der Waals surface area (Å²) in [6, 6.07) is 71.4. The Hall–Kier alpha value is -11.2. The summed E-state index contributed by atoms with van der Waals surface area (Å²) < 4.78 is 11.0. The molecular formula is C84H76ClN11O4. The fourth-order valence-electron chi connectivity index (χ4n) is 13.3. The smallest absolute Gasteiger partial charge is 0.408 e. The van der Waals surface area contributed by atoms with Crippen molar-refractivity contribution in [2.75, 3.05) is 0 Å². The molecule has 6 aromatic carbocycles. The van der Waals surface area contributed by atoms with Crippen molar-refractivity contribution in [3.8, 4) is 79.3 Å². The Bertz CT molecular complexity index is 5090. The number of rotatable bonds is 11.